The number of carbonyl (C=O) groups is 2. The van der Waals surface area contributed by atoms with Gasteiger partial charge in [0.25, 0.3) is 5.91 Å². The Hall–Kier alpha value is -1.39. The molecule has 2 unspecified atom stereocenters. The predicted octanol–water partition coefficient (Wildman–Crippen LogP) is 1.19. The summed E-state index contributed by atoms with van der Waals surface area (Å²) < 4.78 is 0. The molecule has 0 bridgehead atoms. The molecule has 0 saturated heterocycles. The zero-order valence-corrected chi connectivity index (χ0v) is 10.7. The zero-order chi connectivity index (χ0) is 12.8. The van der Waals surface area contributed by atoms with E-state index in [4.69, 9.17) is 0 Å². The molecule has 0 aromatic carbocycles. The van der Waals surface area contributed by atoms with Gasteiger partial charge in [0.2, 0.25) is 5.91 Å². The Bertz CT molecular complexity index is 326. The minimum absolute atomic E-state index is 0.130. The van der Waals surface area contributed by atoms with Crippen LogP contribution >= 0.6 is 0 Å². The Kier molecular flexibility index (Phi) is 5.12. The van der Waals surface area contributed by atoms with Gasteiger partial charge in [-0.2, -0.15) is 5.10 Å². The van der Waals surface area contributed by atoms with Crippen molar-refractivity contribution in [2.45, 2.75) is 52.5 Å². The highest BCUT2D eigenvalue weighted by atomic mass is 16.2. The smallest absolute Gasteiger partial charge is 0.267 e. The van der Waals surface area contributed by atoms with Crippen LogP contribution < -0.4 is 10.7 Å². The second-order valence-corrected chi connectivity index (χ2v) is 4.72. The van der Waals surface area contributed by atoms with Crippen LogP contribution in [0.25, 0.3) is 0 Å². The highest BCUT2D eigenvalue weighted by Gasteiger charge is 2.19. The zero-order valence-electron chi connectivity index (χ0n) is 10.7. The summed E-state index contributed by atoms with van der Waals surface area (Å²) >= 11 is 0. The second kappa shape index (κ2) is 6.37. The third kappa shape index (κ3) is 4.54. The van der Waals surface area contributed by atoms with Crippen molar-refractivity contribution < 1.29 is 9.59 Å². The van der Waals surface area contributed by atoms with Crippen molar-refractivity contribution in [3.8, 4) is 0 Å². The summed E-state index contributed by atoms with van der Waals surface area (Å²) in [7, 11) is 0. The molecule has 0 fully saturated rings. The van der Waals surface area contributed by atoms with Crippen molar-refractivity contribution in [3.05, 3.63) is 0 Å². The van der Waals surface area contributed by atoms with Gasteiger partial charge >= 0.3 is 0 Å². The molecule has 0 aromatic rings. The standard InChI is InChI=1S/C12H21N3O2/c1-4-8(2)7-9(3)13-12(17)10-5-6-11(16)15-14-10/h8-9H,4-7H2,1-3H3,(H,13,17)(H,15,16). The van der Waals surface area contributed by atoms with Gasteiger partial charge in [-0.25, -0.2) is 5.43 Å². The van der Waals surface area contributed by atoms with Crippen LogP contribution in [0.15, 0.2) is 5.10 Å². The van der Waals surface area contributed by atoms with Crippen LogP contribution in [0.3, 0.4) is 0 Å². The summed E-state index contributed by atoms with van der Waals surface area (Å²) in [5.41, 5.74) is 2.74. The van der Waals surface area contributed by atoms with E-state index in [9.17, 15) is 9.59 Å². The van der Waals surface area contributed by atoms with Crippen LogP contribution in [0, 0.1) is 5.92 Å². The summed E-state index contributed by atoms with van der Waals surface area (Å²) in [6, 6.07) is 0.137. The van der Waals surface area contributed by atoms with Crippen molar-refractivity contribution in [1.29, 1.82) is 0 Å². The number of nitrogens with zero attached hydrogens (tertiary/aromatic N) is 1. The van der Waals surface area contributed by atoms with Gasteiger partial charge in [0.05, 0.1) is 0 Å². The molecule has 1 aliphatic heterocycles. The number of amides is 2. The molecular formula is C12H21N3O2. The van der Waals surface area contributed by atoms with Crippen molar-refractivity contribution in [1.82, 2.24) is 10.7 Å². The predicted molar refractivity (Wildman–Crippen MR) is 66.5 cm³/mol. The Morgan fingerprint density at radius 3 is 2.71 bits per heavy atom. The highest BCUT2D eigenvalue weighted by molar-refractivity contribution is 6.39. The van der Waals surface area contributed by atoms with Crippen LogP contribution in [-0.2, 0) is 9.59 Å². The molecule has 1 heterocycles. The van der Waals surface area contributed by atoms with Crippen LogP contribution in [0.5, 0.6) is 0 Å². The van der Waals surface area contributed by atoms with Crippen LogP contribution in [-0.4, -0.2) is 23.6 Å². The Morgan fingerprint density at radius 1 is 1.47 bits per heavy atom. The van der Waals surface area contributed by atoms with Gasteiger partial charge in [-0.3, -0.25) is 9.59 Å². The van der Waals surface area contributed by atoms with Crippen molar-refractivity contribution in [2.24, 2.45) is 11.0 Å². The number of hydrogen-bond acceptors (Lipinski definition) is 3. The second-order valence-electron chi connectivity index (χ2n) is 4.72. The molecule has 96 valence electrons. The van der Waals surface area contributed by atoms with E-state index in [1.807, 2.05) is 6.92 Å². The van der Waals surface area contributed by atoms with E-state index in [0.717, 1.165) is 12.8 Å². The van der Waals surface area contributed by atoms with E-state index >= 15 is 0 Å². The summed E-state index contributed by atoms with van der Waals surface area (Å²) in [6.07, 6.45) is 2.83. The van der Waals surface area contributed by atoms with Gasteiger partial charge in [0, 0.05) is 18.9 Å². The molecule has 0 spiro atoms. The first-order valence-corrected chi connectivity index (χ1v) is 6.19. The van der Waals surface area contributed by atoms with Gasteiger partial charge in [0.15, 0.2) is 0 Å². The van der Waals surface area contributed by atoms with E-state index in [1.54, 1.807) is 0 Å². The summed E-state index contributed by atoms with van der Waals surface area (Å²) in [6.45, 7) is 6.30. The molecule has 2 atom stereocenters. The van der Waals surface area contributed by atoms with Gasteiger partial charge in [0.1, 0.15) is 5.71 Å². The fraction of sp³-hybridized carbons (Fsp3) is 0.750. The molecule has 5 heteroatoms. The van der Waals surface area contributed by atoms with E-state index in [-0.39, 0.29) is 17.9 Å². The van der Waals surface area contributed by atoms with Crippen LogP contribution in [0.4, 0.5) is 0 Å². The largest absolute Gasteiger partial charge is 0.348 e. The molecule has 5 nitrogen and oxygen atoms in total. The Morgan fingerprint density at radius 2 is 2.18 bits per heavy atom. The van der Waals surface area contributed by atoms with Crippen LogP contribution in [0.2, 0.25) is 0 Å². The molecule has 17 heavy (non-hydrogen) atoms. The van der Waals surface area contributed by atoms with Gasteiger partial charge < -0.3 is 5.32 Å². The van der Waals surface area contributed by atoms with Crippen molar-refractivity contribution >= 4 is 17.5 Å². The van der Waals surface area contributed by atoms with Crippen molar-refractivity contribution in [3.63, 3.8) is 0 Å². The number of rotatable bonds is 5. The lowest BCUT2D eigenvalue weighted by Crippen LogP contribution is -2.41. The maximum absolute atomic E-state index is 11.8. The lowest BCUT2D eigenvalue weighted by molar-refractivity contribution is -0.121. The van der Waals surface area contributed by atoms with E-state index in [1.165, 1.54) is 0 Å². The molecule has 0 aliphatic carbocycles. The van der Waals surface area contributed by atoms with Gasteiger partial charge in [-0.05, 0) is 19.3 Å². The van der Waals surface area contributed by atoms with Crippen molar-refractivity contribution in [2.75, 3.05) is 0 Å². The average molecular weight is 239 g/mol. The SMILES string of the molecule is CCC(C)CC(C)NC(=O)C1=NNC(=O)CC1. The molecular weight excluding hydrogens is 218 g/mol. The van der Waals surface area contributed by atoms with Gasteiger partial charge in [-0.15, -0.1) is 0 Å². The Balaban J connectivity index is 2.41. The molecule has 0 radical (unpaired) electrons. The maximum atomic E-state index is 11.8. The molecule has 2 amide bonds. The fourth-order valence-electron chi connectivity index (χ4n) is 1.77. The number of hydrogen-bond donors (Lipinski definition) is 2. The minimum atomic E-state index is -0.166. The Labute approximate surface area is 102 Å². The topological polar surface area (TPSA) is 70.6 Å². The molecule has 0 aromatic heterocycles. The summed E-state index contributed by atoms with van der Waals surface area (Å²) in [5.74, 6) is 0.299. The number of hydrazone groups is 1. The summed E-state index contributed by atoms with van der Waals surface area (Å²) in [5, 5.41) is 6.68. The molecule has 1 aliphatic rings. The lowest BCUT2D eigenvalue weighted by Gasteiger charge is -2.19. The average Bonchev–Trinajstić information content (AvgIpc) is 2.29. The molecule has 0 saturated carbocycles. The number of carbonyl (C=O) groups excluding carboxylic acids is 2. The van der Waals surface area contributed by atoms with E-state index in [2.05, 4.69) is 29.7 Å². The minimum Gasteiger partial charge on any atom is -0.348 e. The first-order chi connectivity index (χ1) is 8.02. The molecule has 2 N–H and O–H groups in total. The van der Waals surface area contributed by atoms with E-state index in [0.29, 0.717) is 24.5 Å². The first kappa shape index (κ1) is 13.7. The number of nitrogens with one attached hydrogen (secondary N) is 2. The third-order valence-electron chi connectivity index (χ3n) is 3.00. The highest BCUT2D eigenvalue weighted by Crippen LogP contribution is 2.09. The quantitative estimate of drug-likeness (QED) is 0.756. The fourth-order valence-corrected chi connectivity index (χ4v) is 1.77. The molecule has 1 rings (SSSR count). The monoisotopic (exact) mass is 239 g/mol. The normalized spacial score (nSPS) is 19.0. The maximum Gasteiger partial charge on any atom is 0.267 e. The summed E-state index contributed by atoms with van der Waals surface area (Å²) in [4.78, 5) is 22.7. The third-order valence-corrected chi connectivity index (χ3v) is 3.00. The van der Waals surface area contributed by atoms with Gasteiger partial charge in [-0.1, -0.05) is 20.3 Å². The van der Waals surface area contributed by atoms with Crippen LogP contribution in [0.1, 0.15) is 46.5 Å². The van der Waals surface area contributed by atoms with E-state index < -0.39 is 0 Å². The first-order valence-electron chi connectivity index (χ1n) is 6.19. The lowest BCUT2D eigenvalue weighted by atomic mass is 10.00.